The number of nitrogens with zero attached hydrogens (tertiary/aromatic N) is 1. The van der Waals surface area contributed by atoms with E-state index in [2.05, 4.69) is 15.6 Å². The maximum absolute atomic E-state index is 11.7. The number of guanidine groups is 1. The quantitative estimate of drug-likeness (QED) is 0.497. The lowest BCUT2D eigenvalue weighted by Crippen LogP contribution is -2.53. The zero-order chi connectivity index (χ0) is 10.0. The lowest BCUT2D eigenvalue weighted by molar-refractivity contribution is -0.126. The highest BCUT2D eigenvalue weighted by molar-refractivity contribution is 6.09. The molecule has 2 heterocycles. The van der Waals surface area contributed by atoms with Crippen LogP contribution >= 0.6 is 0 Å². The van der Waals surface area contributed by atoms with Crippen LogP contribution in [0.2, 0.25) is 0 Å². The number of hydrogen-bond acceptors (Lipinski definition) is 4. The average molecular weight is 199 g/mol. The van der Waals surface area contributed by atoms with Crippen molar-refractivity contribution >= 4 is 11.9 Å². The zero-order valence-corrected chi connectivity index (χ0v) is 8.00. The first-order valence-electron chi connectivity index (χ1n) is 4.49. The fourth-order valence-corrected chi connectivity index (χ4v) is 1.51. The summed E-state index contributed by atoms with van der Waals surface area (Å²) in [4.78, 5) is 15.5. The Morgan fingerprint density at radius 2 is 2.00 bits per heavy atom. The summed E-state index contributed by atoms with van der Waals surface area (Å²) in [5, 5.41) is 5.62. The summed E-state index contributed by atoms with van der Waals surface area (Å²) in [5.41, 5.74) is -0.786. The molecule has 2 aliphatic heterocycles. The molecule has 1 amide bonds. The average Bonchev–Trinajstić information content (AvgIpc) is 2.40. The molecule has 14 heavy (non-hydrogen) atoms. The third-order valence-electron chi connectivity index (χ3n) is 2.32. The van der Waals surface area contributed by atoms with Crippen LogP contribution < -0.4 is 10.6 Å². The second-order valence-corrected chi connectivity index (χ2v) is 3.34. The van der Waals surface area contributed by atoms with Gasteiger partial charge in [0.1, 0.15) is 0 Å². The van der Waals surface area contributed by atoms with Crippen LogP contribution in [-0.4, -0.2) is 50.9 Å². The molecule has 0 aromatic heterocycles. The molecule has 0 bridgehead atoms. The van der Waals surface area contributed by atoms with Gasteiger partial charge in [0.05, 0.1) is 26.4 Å². The predicted octanol–water partition coefficient (Wildman–Crippen LogP) is -1.52. The summed E-state index contributed by atoms with van der Waals surface area (Å²) in [7, 11) is 1.61. The van der Waals surface area contributed by atoms with E-state index in [1.165, 1.54) is 0 Å². The van der Waals surface area contributed by atoms with Gasteiger partial charge >= 0.3 is 0 Å². The van der Waals surface area contributed by atoms with Crippen LogP contribution in [0.5, 0.6) is 0 Å². The van der Waals surface area contributed by atoms with Crippen molar-refractivity contribution in [2.45, 2.75) is 5.54 Å². The topological polar surface area (TPSA) is 72.0 Å². The fraction of sp³-hybridized carbons (Fsp3) is 0.750. The number of amides is 1. The molecule has 1 spiro atoms. The smallest absolute Gasteiger partial charge is 0.257 e. The van der Waals surface area contributed by atoms with E-state index < -0.39 is 5.54 Å². The van der Waals surface area contributed by atoms with Gasteiger partial charge < -0.3 is 14.8 Å². The van der Waals surface area contributed by atoms with E-state index in [1.54, 1.807) is 7.05 Å². The number of aliphatic imine (C=N–C) groups is 1. The van der Waals surface area contributed by atoms with Crippen LogP contribution in [0.15, 0.2) is 4.99 Å². The van der Waals surface area contributed by atoms with Crippen molar-refractivity contribution in [1.29, 1.82) is 0 Å². The van der Waals surface area contributed by atoms with E-state index in [0.29, 0.717) is 32.4 Å². The summed E-state index contributed by atoms with van der Waals surface area (Å²) in [5.74, 6) is 0.337. The molecule has 0 radical (unpaired) electrons. The van der Waals surface area contributed by atoms with E-state index >= 15 is 0 Å². The van der Waals surface area contributed by atoms with E-state index in [0.717, 1.165) is 0 Å². The molecular weight excluding hydrogens is 186 g/mol. The third-order valence-corrected chi connectivity index (χ3v) is 2.32. The Labute approximate surface area is 81.7 Å². The molecular formula is C8H13N3O3. The summed E-state index contributed by atoms with van der Waals surface area (Å²) in [6.07, 6.45) is 0. The maximum Gasteiger partial charge on any atom is 0.257 e. The lowest BCUT2D eigenvalue weighted by Gasteiger charge is -2.22. The van der Waals surface area contributed by atoms with Gasteiger partial charge in [0.15, 0.2) is 11.5 Å². The Balaban J connectivity index is 2.17. The van der Waals surface area contributed by atoms with Gasteiger partial charge in [0.2, 0.25) is 0 Å². The molecule has 0 unspecified atom stereocenters. The second kappa shape index (κ2) is 3.55. The Kier molecular flexibility index (Phi) is 2.39. The number of rotatable bonds is 0. The van der Waals surface area contributed by atoms with Gasteiger partial charge in [-0.3, -0.25) is 15.1 Å². The number of ether oxygens (including phenoxy) is 2. The SMILES string of the molecule is CN=C1NC(=O)C2(COCCOC2)N1. The molecule has 0 saturated carbocycles. The highest BCUT2D eigenvalue weighted by atomic mass is 16.5. The minimum absolute atomic E-state index is 0.139. The van der Waals surface area contributed by atoms with Crippen LogP contribution in [0.25, 0.3) is 0 Å². The van der Waals surface area contributed by atoms with Crippen molar-refractivity contribution in [2.75, 3.05) is 33.5 Å². The normalized spacial score (nSPS) is 28.6. The van der Waals surface area contributed by atoms with Gasteiger partial charge in [0, 0.05) is 7.05 Å². The van der Waals surface area contributed by atoms with E-state index in [-0.39, 0.29) is 5.91 Å². The monoisotopic (exact) mass is 199 g/mol. The lowest BCUT2D eigenvalue weighted by atomic mass is 10.0. The molecule has 78 valence electrons. The van der Waals surface area contributed by atoms with Crippen molar-refractivity contribution in [2.24, 2.45) is 4.99 Å². The zero-order valence-electron chi connectivity index (χ0n) is 8.00. The van der Waals surface area contributed by atoms with Crippen molar-refractivity contribution in [3.8, 4) is 0 Å². The molecule has 2 aliphatic rings. The third kappa shape index (κ3) is 1.46. The van der Waals surface area contributed by atoms with Gasteiger partial charge in [-0.05, 0) is 0 Å². The standard InChI is InChI=1S/C8H13N3O3/c1-9-7-10-6(12)8(11-7)4-13-2-3-14-5-8/h2-5H2,1H3,(H2,9,10,11,12). The minimum atomic E-state index is -0.786. The van der Waals surface area contributed by atoms with Crippen LogP contribution in [0.3, 0.4) is 0 Å². The highest BCUT2D eigenvalue weighted by Gasteiger charge is 2.46. The van der Waals surface area contributed by atoms with Crippen molar-refractivity contribution in [1.82, 2.24) is 10.6 Å². The van der Waals surface area contributed by atoms with Crippen LogP contribution in [0, 0.1) is 0 Å². The van der Waals surface area contributed by atoms with Crippen LogP contribution in [0.4, 0.5) is 0 Å². The molecule has 2 N–H and O–H groups in total. The first kappa shape index (κ1) is 9.42. The van der Waals surface area contributed by atoms with Crippen molar-refractivity contribution < 1.29 is 14.3 Å². The van der Waals surface area contributed by atoms with Gasteiger partial charge in [-0.15, -0.1) is 0 Å². The fourth-order valence-electron chi connectivity index (χ4n) is 1.51. The molecule has 6 heteroatoms. The first-order chi connectivity index (χ1) is 6.77. The van der Waals surface area contributed by atoms with Crippen molar-refractivity contribution in [3.63, 3.8) is 0 Å². The molecule has 2 rings (SSSR count). The molecule has 0 atom stereocenters. The minimum Gasteiger partial charge on any atom is -0.376 e. The molecule has 2 fully saturated rings. The van der Waals surface area contributed by atoms with Crippen LogP contribution in [-0.2, 0) is 14.3 Å². The predicted molar refractivity (Wildman–Crippen MR) is 49.0 cm³/mol. The van der Waals surface area contributed by atoms with Gasteiger partial charge in [-0.1, -0.05) is 0 Å². The first-order valence-corrected chi connectivity index (χ1v) is 4.49. The van der Waals surface area contributed by atoms with E-state index in [1.807, 2.05) is 0 Å². The number of nitrogens with one attached hydrogen (secondary N) is 2. The van der Waals surface area contributed by atoms with E-state index in [9.17, 15) is 4.79 Å². The Morgan fingerprint density at radius 3 is 2.50 bits per heavy atom. The summed E-state index contributed by atoms with van der Waals surface area (Å²) < 4.78 is 10.6. The van der Waals surface area contributed by atoms with Gasteiger partial charge in [-0.2, -0.15) is 0 Å². The van der Waals surface area contributed by atoms with Crippen LogP contribution in [0.1, 0.15) is 0 Å². The van der Waals surface area contributed by atoms with Gasteiger partial charge in [-0.25, -0.2) is 0 Å². The molecule has 6 nitrogen and oxygen atoms in total. The van der Waals surface area contributed by atoms with Gasteiger partial charge in [0.25, 0.3) is 5.91 Å². The van der Waals surface area contributed by atoms with Crippen molar-refractivity contribution in [3.05, 3.63) is 0 Å². The summed E-state index contributed by atoms with van der Waals surface area (Å²) in [6.45, 7) is 1.68. The number of hydrogen-bond donors (Lipinski definition) is 2. The van der Waals surface area contributed by atoms with E-state index in [4.69, 9.17) is 9.47 Å². The Hall–Kier alpha value is -1.14. The molecule has 2 saturated heterocycles. The Morgan fingerprint density at radius 1 is 1.36 bits per heavy atom. The molecule has 0 aromatic carbocycles. The number of carbonyl (C=O) groups is 1. The maximum atomic E-state index is 11.7. The summed E-state index contributed by atoms with van der Waals surface area (Å²) >= 11 is 0. The Bertz CT molecular complexity index is 269. The molecule has 0 aromatic rings. The second-order valence-electron chi connectivity index (χ2n) is 3.34. The molecule has 0 aliphatic carbocycles. The highest BCUT2D eigenvalue weighted by Crippen LogP contribution is 2.14. The number of carbonyl (C=O) groups excluding carboxylic acids is 1. The largest absolute Gasteiger partial charge is 0.376 e. The summed E-state index contributed by atoms with van der Waals surface area (Å²) in [6, 6.07) is 0.